The van der Waals surface area contributed by atoms with Gasteiger partial charge in [0.05, 0.1) is 24.5 Å². The summed E-state index contributed by atoms with van der Waals surface area (Å²) in [6.07, 6.45) is 6.28. The van der Waals surface area contributed by atoms with Crippen molar-refractivity contribution < 1.29 is 14.5 Å². The van der Waals surface area contributed by atoms with Gasteiger partial charge < -0.3 is 15.0 Å². The van der Waals surface area contributed by atoms with Crippen molar-refractivity contribution >= 4 is 17.6 Å². The fourth-order valence-corrected chi connectivity index (χ4v) is 3.87. The van der Waals surface area contributed by atoms with Gasteiger partial charge in [0, 0.05) is 31.3 Å². The lowest BCUT2D eigenvalue weighted by Gasteiger charge is -2.34. The summed E-state index contributed by atoms with van der Waals surface area (Å²) in [5.74, 6) is 0.699. The van der Waals surface area contributed by atoms with E-state index in [1.165, 1.54) is 32.1 Å². The van der Waals surface area contributed by atoms with Crippen molar-refractivity contribution in [2.45, 2.75) is 51.1 Å². The number of benzene rings is 1. The number of hydrogen-bond acceptors (Lipinski definition) is 5. The molecule has 0 atom stereocenters. The predicted molar refractivity (Wildman–Crippen MR) is 106 cm³/mol. The Morgan fingerprint density at radius 2 is 1.86 bits per heavy atom. The number of hydrogen-bond donors (Lipinski definition) is 1. The highest BCUT2D eigenvalue weighted by atomic mass is 16.6. The van der Waals surface area contributed by atoms with E-state index in [9.17, 15) is 14.9 Å². The van der Waals surface area contributed by atoms with E-state index in [0.29, 0.717) is 12.6 Å². The van der Waals surface area contributed by atoms with Gasteiger partial charge in [-0.1, -0.05) is 25.0 Å². The minimum Gasteiger partial charge on any atom is -0.469 e. The molecule has 1 N–H and O–H groups in total. The quantitative estimate of drug-likeness (QED) is 0.274. The van der Waals surface area contributed by atoms with Crippen LogP contribution >= 0.6 is 0 Å². The lowest BCUT2D eigenvalue weighted by molar-refractivity contribution is -0.384. The molecular formula is C20H28N4O4. The van der Waals surface area contributed by atoms with Crippen LogP contribution in [0.4, 0.5) is 5.69 Å². The molecule has 1 aliphatic heterocycles. The Kier molecular flexibility index (Phi) is 6.84. The van der Waals surface area contributed by atoms with Gasteiger partial charge in [-0.25, -0.2) is 4.99 Å². The Labute approximate surface area is 165 Å². The summed E-state index contributed by atoms with van der Waals surface area (Å²) in [7, 11) is 1.44. The molecule has 0 radical (unpaired) electrons. The number of nitrogens with one attached hydrogen (secondary N) is 1. The largest absolute Gasteiger partial charge is 0.469 e. The van der Waals surface area contributed by atoms with Crippen LogP contribution in [0.1, 0.15) is 44.1 Å². The maximum Gasteiger partial charge on any atom is 0.308 e. The number of nitro benzene ring substituents is 1. The van der Waals surface area contributed by atoms with E-state index in [1.807, 2.05) is 0 Å². The van der Waals surface area contributed by atoms with Crippen molar-refractivity contribution in [2.75, 3.05) is 20.2 Å². The number of carbonyl (C=O) groups excluding carboxylic acids is 1. The third kappa shape index (κ3) is 5.21. The third-order valence-corrected chi connectivity index (χ3v) is 5.58. The molecule has 1 aromatic carbocycles. The average molecular weight is 388 g/mol. The van der Waals surface area contributed by atoms with Crippen molar-refractivity contribution in [1.29, 1.82) is 0 Å². The van der Waals surface area contributed by atoms with E-state index in [2.05, 4.69) is 10.2 Å². The van der Waals surface area contributed by atoms with E-state index in [-0.39, 0.29) is 17.6 Å². The summed E-state index contributed by atoms with van der Waals surface area (Å²) in [6.45, 7) is 1.99. The summed E-state index contributed by atoms with van der Waals surface area (Å²) in [5.41, 5.74) is 1.02. The Hall–Kier alpha value is -2.64. The second kappa shape index (κ2) is 9.52. The highest BCUT2D eigenvalue weighted by Gasteiger charge is 2.28. The van der Waals surface area contributed by atoms with Crippen LogP contribution in [0.15, 0.2) is 29.3 Å². The number of nitrogens with zero attached hydrogens (tertiary/aromatic N) is 3. The SMILES string of the molecule is COC(=O)C1CCN(C(=NCc2ccc([N+](=O)[O-])cc2)NC2CCCC2)CC1. The minimum absolute atomic E-state index is 0.0383. The molecule has 152 valence electrons. The smallest absolute Gasteiger partial charge is 0.308 e. The van der Waals surface area contributed by atoms with Crippen LogP contribution in [0.25, 0.3) is 0 Å². The maximum absolute atomic E-state index is 11.8. The van der Waals surface area contributed by atoms with E-state index < -0.39 is 4.92 Å². The Balaban J connectivity index is 1.67. The first-order chi connectivity index (χ1) is 13.6. The van der Waals surface area contributed by atoms with Gasteiger partial charge in [-0.2, -0.15) is 0 Å². The monoisotopic (exact) mass is 388 g/mol. The first-order valence-corrected chi connectivity index (χ1v) is 9.94. The lowest BCUT2D eigenvalue weighted by atomic mass is 9.97. The molecule has 3 rings (SSSR count). The second-order valence-corrected chi connectivity index (χ2v) is 7.47. The molecule has 0 aromatic heterocycles. The molecular weight excluding hydrogens is 360 g/mol. The molecule has 1 saturated carbocycles. The number of guanidine groups is 1. The maximum atomic E-state index is 11.8. The van der Waals surface area contributed by atoms with Crippen LogP contribution < -0.4 is 5.32 Å². The second-order valence-electron chi connectivity index (χ2n) is 7.47. The Morgan fingerprint density at radius 3 is 2.43 bits per heavy atom. The topological polar surface area (TPSA) is 97.1 Å². The van der Waals surface area contributed by atoms with Gasteiger partial charge in [0.15, 0.2) is 5.96 Å². The van der Waals surface area contributed by atoms with Crippen molar-refractivity contribution in [2.24, 2.45) is 10.9 Å². The number of esters is 1. The molecule has 1 aromatic rings. The number of non-ortho nitro benzene ring substituents is 1. The standard InChI is InChI=1S/C20H28N4O4/c1-28-19(25)16-10-12-23(13-11-16)20(22-17-4-2-3-5-17)21-14-15-6-8-18(9-7-15)24(26)27/h6-9,16-17H,2-5,10-14H2,1H3,(H,21,22). The molecule has 0 amide bonds. The molecule has 0 bridgehead atoms. The zero-order valence-electron chi connectivity index (χ0n) is 16.3. The van der Waals surface area contributed by atoms with Crippen LogP contribution in [0.5, 0.6) is 0 Å². The van der Waals surface area contributed by atoms with Crippen molar-refractivity contribution in [3.05, 3.63) is 39.9 Å². The predicted octanol–water partition coefficient (Wildman–Crippen LogP) is 2.87. The highest BCUT2D eigenvalue weighted by molar-refractivity contribution is 5.81. The number of ether oxygens (including phenoxy) is 1. The van der Waals surface area contributed by atoms with Gasteiger partial charge in [0.25, 0.3) is 5.69 Å². The summed E-state index contributed by atoms with van der Waals surface area (Å²) in [4.78, 5) is 29.2. The minimum atomic E-state index is -0.397. The molecule has 2 aliphatic rings. The number of likely N-dealkylation sites (tertiary alicyclic amines) is 1. The van der Waals surface area contributed by atoms with Gasteiger partial charge in [-0.05, 0) is 31.2 Å². The molecule has 1 heterocycles. The van der Waals surface area contributed by atoms with Crippen LogP contribution in [0, 0.1) is 16.0 Å². The van der Waals surface area contributed by atoms with E-state index in [0.717, 1.165) is 50.3 Å². The molecule has 1 saturated heterocycles. The van der Waals surface area contributed by atoms with Gasteiger partial charge in [-0.3, -0.25) is 14.9 Å². The van der Waals surface area contributed by atoms with E-state index >= 15 is 0 Å². The number of nitro groups is 1. The molecule has 1 aliphatic carbocycles. The summed E-state index contributed by atoms with van der Waals surface area (Å²) in [5, 5.41) is 14.4. The highest BCUT2D eigenvalue weighted by Crippen LogP contribution is 2.21. The zero-order valence-corrected chi connectivity index (χ0v) is 16.3. The Bertz CT molecular complexity index is 705. The molecule has 28 heavy (non-hydrogen) atoms. The van der Waals surface area contributed by atoms with E-state index in [4.69, 9.17) is 9.73 Å². The fourth-order valence-electron chi connectivity index (χ4n) is 3.87. The van der Waals surface area contributed by atoms with Gasteiger partial charge in [0.2, 0.25) is 0 Å². The Morgan fingerprint density at radius 1 is 1.21 bits per heavy atom. The summed E-state index contributed by atoms with van der Waals surface area (Å²) < 4.78 is 4.87. The lowest BCUT2D eigenvalue weighted by Crippen LogP contribution is -2.49. The number of piperidine rings is 1. The summed E-state index contributed by atoms with van der Waals surface area (Å²) >= 11 is 0. The number of rotatable bonds is 5. The fraction of sp³-hybridized carbons (Fsp3) is 0.600. The first-order valence-electron chi connectivity index (χ1n) is 9.94. The van der Waals surface area contributed by atoms with Gasteiger partial charge >= 0.3 is 5.97 Å². The number of aliphatic imine (C=N–C) groups is 1. The van der Waals surface area contributed by atoms with Crippen LogP contribution in [0.2, 0.25) is 0 Å². The molecule has 0 spiro atoms. The summed E-state index contributed by atoms with van der Waals surface area (Å²) in [6, 6.07) is 6.96. The molecule has 8 heteroatoms. The van der Waals surface area contributed by atoms with E-state index in [1.54, 1.807) is 12.1 Å². The van der Waals surface area contributed by atoms with Crippen LogP contribution in [-0.4, -0.2) is 48.0 Å². The molecule has 2 fully saturated rings. The number of carbonyl (C=O) groups is 1. The van der Waals surface area contributed by atoms with Crippen LogP contribution in [0.3, 0.4) is 0 Å². The third-order valence-electron chi connectivity index (χ3n) is 5.58. The van der Waals surface area contributed by atoms with Crippen molar-refractivity contribution in [1.82, 2.24) is 10.2 Å². The van der Waals surface area contributed by atoms with Gasteiger partial charge in [0.1, 0.15) is 0 Å². The van der Waals surface area contributed by atoms with Crippen molar-refractivity contribution in [3.63, 3.8) is 0 Å². The average Bonchev–Trinajstić information content (AvgIpc) is 3.24. The molecule has 8 nitrogen and oxygen atoms in total. The van der Waals surface area contributed by atoms with Crippen LogP contribution in [-0.2, 0) is 16.1 Å². The normalized spacial score (nSPS) is 18.9. The molecule has 0 unspecified atom stereocenters. The number of methoxy groups -OCH3 is 1. The van der Waals surface area contributed by atoms with Crippen molar-refractivity contribution in [3.8, 4) is 0 Å². The first kappa shape index (κ1) is 20.1. The van der Waals surface area contributed by atoms with Gasteiger partial charge in [-0.15, -0.1) is 0 Å². The zero-order chi connectivity index (χ0) is 19.9.